The number of alkyl halides is 1. The molecule has 16 heavy (non-hydrogen) atoms. The van der Waals surface area contributed by atoms with Gasteiger partial charge in [0.15, 0.2) is 0 Å². The Balaban J connectivity index is 2.33. The molecule has 1 aliphatic rings. The van der Waals surface area contributed by atoms with Gasteiger partial charge >= 0.3 is 0 Å². The molecule has 88 valence electrons. The molecule has 3 heteroatoms. The van der Waals surface area contributed by atoms with Crippen LogP contribution in [0.1, 0.15) is 18.4 Å². The molecule has 0 aromatic heterocycles. The summed E-state index contributed by atoms with van der Waals surface area (Å²) in [5.41, 5.74) is 3.08. The van der Waals surface area contributed by atoms with Crippen molar-refractivity contribution in [2.75, 3.05) is 30.0 Å². The van der Waals surface area contributed by atoms with Crippen LogP contribution in [0, 0.1) is 0 Å². The number of ether oxygens (including phenoxy) is 1. The summed E-state index contributed by atoms with van der Waals surface area (Å²) in [7, 11) is 1.79. The highest BCUT2D eigenvalue weighted by Crippen LogP contribution is 2.41. The Labute approximate surface area is 111 Å². The molecule has 1 aromatic carbocycles. The number of benzene rings is 1. The normalized spacial score (nSPS) is 23.6. The number of hydrogen-bond acceptors (Lipinski definition) is 2. The predicted octanol–water partition coefficient (Wildman–Crippen LogP) is 3.21. The maximum absolute atomic E-state index is 5.26. The number of halogens is 1. The molecule has 1 atom stereocenters. The van der Waals surface area contributed by atoms with E-state index >= 15 is 0 Å². The van der Waals surface area contributed by atoms with Gasteiger partial charge in [0.25, 0.3) is 0 Å². The molecular formula is C13H18INO. The third-order valence-electron chi connectivity index (χ3n) is 3.46. The van der Waals surface area contributed by atoms with Crippen LogP contribution >= 0.6 is 22.6 Å². The minimum Gasteiger partial charge on any atom is -0.385 e. The van der Waals surface area contributed by atoms with Gasteiger partial charge in [-0.2, -0.15) is 0 Å². The fraction of sp³-hybridized carbons (Fsp3) is 0.538. The number of anilines is 1. The van der Waals surface area contributed by atoms with E-state index < -0.39 is 0 Å². The van der Waals surface area contributed by atoms with Gasteiger partial charge in [0.1, 0.15) is 0 Å². The molecule has 1 aliphatic heterocycles. The summed E-state index contributed by atoms with van der Waals surface area (Å²) in [6.07, 6.45) is 2.32. The Hall–Kier alpha value is -0.290. The third-order valence-corrected chi connectivity index (χ3v) is 4.92. The second-order valence-corrected chi connectivity index (χ2v) is 5.14. The van der Waals surface area contributed by atoms with Crippen molar-refractivity contribution in [3.05, 3.63) is 29.8 Å². The molecule has 1 N–H and O–H groups in total. The molecule has 0 amide bonds. The molecule has 0 fully saturated rings. The smallest absolute Gasteiger partial charge is 0.0471 e. The first-order valence-corrected chi connectivity index (χ1v) is 7.23. The van der Waals surface area contributed by atoms with Gasteiger partial charge in [-0.15, -0.1) is 0 Å². The van der Waals surface area contributed by atoms with Crippen LogP contribution in [0.2, 0.25) is 0 Å². The Kier molecular flexibility index (Phi) is 4.08. The highest BCUT2D eigenvalue weighted by molar-refractivity contribution is 14.1. The first-order valence-electron chi connectivity index (χ1n) is 5.71. The maximum Gasteiger partial charge on any atom is 0.0471 e. The second-order valence-electron chi connectivity index (χ2n) is 4.38. The Morgan fingerprint density at radius 3 is 3.00 bits per heavy atom. The van der Waals surface area contributed by atoms with Crippen LogP contribution in [-0.4, -0.2) is 24.7 Å². The molecule has 1 heterocycles. The summed E-state index contributed by atoms with van der Waals surface area (Å²) in [4.78, 5) is 0. The van der Waals surface area contributed by atoms with Crippen LogP contribution in [0.15, 0.2) is 24.3 Å². The monoisotopic (exact) mass is 331 g/mol. The SMILES string of the molecule is COCCC1(CI)CCNc2ccccc21. The zero-order valence-corrected chi connectivity index (χ0v) is 11.8. The van der Waals surface area contributed by atoms with E-state index in [1.807, 2.05) is 0 Å². The first-order chi connectivity index (χ1) is 7.82. The molecule has 2 nitrogen and oxygen atoms in total. The average molecular weight is 331 g/mol. The standard InChI is InChI=1S/C13H18INO/c1-16-9-7-13(10-14)6-8-15-12-5-3-2-4-11(12)13/h2-5,15H,6-10H2,1H3. The minimum absolute atomic E-state index is 0.304. The highest BCUT2D eigenvalue weighted by atomic mass is 127. The van der Waals surface area contributed by atoms with Crippen molar-refractivity contribution in [1.82, 2.24) is 0 Å². The van der Waals surface area contributed by atoms with Gasteiger partial charge in [0, 0.05) is 35.8 Å². The fourth-order valence-electron chi connectivity index (χ4n) is 2.43. The van der Waals surface area contributed by atoms with Gasteiger partial charge in [-0.3, -0.25) is 0 Å². The molecule has 1 aromatic rings. The average Bonchev–Trinajstić information content (AvgIpc) is 2.36. The van der Waals surface area contributed by atoms with Crippen molar-refractivity contribution >= 4 is 28.3 Å². The third kappa shape index (κ3) is 2.20. The van der Waals surface area contributed by atoms with Crippen LogP contribution in [0.3, 0.4) is 0 Å². The van der Waals surface area contributed by atoms with Crippen LogP contribution < -0.4 is 5.32 Å². The highest BCUT2D eigenvalue weighted by Gasteiger charge is 2.34. The fourth-order valence-corrected chi connectivity index (χ4v) is 3.61. The lowest BCUT2D eigenvalue weighted by Gasteiger charge is -2.38. The zero-order valence-electron chi connectivity index (χ0n) is 9.63. The van der Waals surface area contributed by atoms with E-state index in [0.717, 1.165) is 24.0 Å². The lowest BCUT2D eigenvalue weighted by Crippen LogP contribution is -2.36. The van der Waals surface area contributed by atoms with Crippen molar-refractivity contribution in [2.24, 2.45) is 0 Å². The van der Waals surface area contributed by atoms with Crippen molar-refractivity contribution in [1.29, 1.82) is 0 Å². The van der Waals surface area contributed by atoms with E-state index in [0.29, 0.717) is 5.41 Å². The van der Waals surface area contributed by atoms with Gasteiger partial charge in [-0.1, -0.05) is 40.8 Å². The molecule has 0 spiro atoms. The second kappa shape index (κ2) is 5.36. The van der Waals surface area contributed by atoms with Crippen LogP contribution in [0.25, 0.3) is 0 Å². The van der Waals surface area contributed by atoms with Crippen molar-refractivity contribution in [3.63, 3.8) is 0 Å². The molecule has 2 rings (SSSR count). The first kappa shape index (κ1) is 12.2. The molecule has 0 aliphatic carbocycles. The number of rotatable bonds is 4. The van der Waals surface area contributed by atoms with Crippen molar-refractivity contribution < 1.29 is 4.74 Å². The lowest BCUT2D eigenvalue weighted by molar-refractivity contribution is 0.170. The molecule has 0 radical (unpaired) electrons. The molecule has 0 saturated carbocycles. The van der Waals surface area contributed by atoms with E-state index in [2.05, 4.69) is 52.2 Å². The maximum atomic E-state index is 5.26. The molecule has 0 bridgehead atoms. The number of para-hydroxylation sites is 1. The number of methoxy groups -OCH3 is 1. The van der Waals surface area contributed by atoms with Crippen molar-refractivity contribution in [3.8, 4) is 0 Å². The van der Waals surface area contributed by atoms with Crippen molar-refractivity contribution in [2.45, 2.75) is 18.3 Å². The van der Waals surface area contributed by atoms with Crippen LogP contribution in [-0.2, 0) is 10.2 Å². The lowest BCUT2D eigenvalue weighted by atomic mass is 9.74. The van der Waals surface area contributed by atoms with Crippen LogP contribution in [0.5, 0.6) is 0 Å². The summed E-state index contributed by atoms with van der Waals surface area (Å²) < 4.78 is 6.42. The summed E-state index contributed by atoms with van der Waals surface area (Å²) in [5.74, 6) is 0. The zero-order chi connectivity index (χ0) is 11.4. The van der Waals surface area contributed by atoms with E-state index in [1.165, 1.54) is 17.7 Å². The number of hydrogen-bond donors (Lipinski definition) is 1. The Bertz CT molecular complexity index is 356. The largest absolute Gasteiger partial charge is 0.385 e. The summed E-state index contributed by atoms with van der Waals surface area (Å²) in [5, 5.41) is 3.48. The summed E-state index contributed by atoms with van der Waals surface area (Å²) >= 11 is 2.51. The van der Waals surface area contributed by atoms with Gasteiger partial charge in [-0.25, -0.2) is 0 Å². The topological polar surface area (TPSA) is 21.3 Å². The van der Waals surface area contributed by atoms with E-state index in [4.69, 9.17) is 4.74 Å². The Morgan fingerprint density at radius 1 is 1.44 bits per heavy atom. The number of fused-ring (bicyclic) bond motifs is 1. The number of nitrogens with one attached hydrogen (secondary N) is 1. The van der Waals surface area contributed by atoms with E-state index in [1.54, 1.807) is 7.11 Å². The minimum atomic E-state index is 0.304. The summed E-state index contributed by atoms with van der Waals surface area (Å²) in [6.45, 7) is 1.92. The van der Waals surface area contributed by atoms with Crippen LogP contribution in [0.4, 0.5) is 5.69 Å². The quantitative estimate of drug-likeness (QED) is 0.676. The van der Waals surface area contributed by atoms with Gasteiger partial charge in [-0.05, 0) is 24.5 Å². The molecule has 1 unspecified atom stereocenters. The van der Waals surface area contributed by atoms with Gasteiger partial charge in [0.2, 0.25) is 0 Å². The molecule has 0 saturated heterocycles. The predicted molar refractivity (Wildman–Crippen MR) is 76.6 cm³/mol. The van der Waals surface area contributed by atoms with Gasteiger partial charge in [0.05, 0.1) is 0 Å². The van der Waals surface area contributed by atoms with E-state index in [-0.39, 0.29) is 0 Å². The summed E-state index contributed by atoms with van der Waals surface area (Å²) in [6, 6.07) is 8.68. The Morgan fingerprint density at radius 2 is 2.25 bits per heavy atom. The van der Waals surface area contributed by atoms with Gasteiger partial charge < -0.3 is 10.1 Å². The van der Waals surface area contributed by atoms with E-state index in [9.17, 15) is 0 Å². The molecular weight excluding hydrogens is 313 g/mol.